The van der Waals surface area contributed by atoms with Crippen LogP contribution in [0.25, 0.3) is 11.5 Å². The molecule has 0 amide bonds. The highest BCUT2D eigenvalue weighted by molar-refractivity contribution is 7.71. The summed E-state index contributed by atoms with van der Waals surface area (Å²) in [6.45, 7) is 5.28. The third kappa shape index (κ3) is 2.77. The number of aryl methyl sites for hydroxylation is 1. The van der Waals surface area contributed by atoms with Gasteiger partial charge in [-0.15, -0.1) is 5.10 Å². The second kappa shape index (κ2) is 5.27. The van der Waals surface area contributed by atoms with Crippen LogP contribution in [0.5, 0.6) is 0 Å². The van der Waals surface area contributed by atoms with Crippen molar-refractivity contribution in [3.05, 3.63) is 34.7 Å². The van der Waals surface area contributed by atoms with Gasteiger partial charge in [0.15, 0.2) is 6.67 Å². The first-order valence-corrected chi connectivity index (χ1v) is 7.12. The topological polar surface area (TPSA) is 35.4 Å². The van der Waals surface area contributed by atoms with Crippen LogP contribution >= 0.6 is 12.2 Å². The molecular formula is C14H18N3OS+. The second-order valence-corrected chi connectivity index (χ2v) is 5.50. The van der Waals surface area contributed by atoms with Gasteiger partial charge in [-0.25, -0.2) is 0 Å². The highest BCUT2D eigenvalue weighted by atomic mass is 32.1. The van der Waals surface area contributed by atoms with Gasteiger partial charge >= 0.3 is 0 Å². The molecule has 4 nitrogen and oxygen atoms in total. The molecule has 0 saturated carbocycles. The normalized spacial score (nSPS) is 16.1. The number of aromatic nitrogens is 2. The van der Waals surface area contributed by atoms with E-state index in [-0.39, 0.29) is 0 Å². The van der Waals surface area contributed by atoms with Gasteiger partial charge in [0.1, 0.15) is 0 Å². The van der Waals surface area contributed by atoms with Crippen molar-refractivity contribution < 1.29 is 9.32 Å². The minimum absolute atomic E-state index is 0.468. The van der Waals surface area contributed by atoms with Gasteiger partial charge < -0.3 is 9.32 Å². The molecule has 1 aliphatic rings. The average Bonchev–Trinajstić information content (AvgIpc) is 3.02. The predicted molar refractivity (Wildman–Crippen MR) is 75.4 cm³/mol. The molecule has 3 rings (SSSR count). The summed E-state index contributed by atoms with van der Waals surface area (Å²) >= 11 is 5.25. The molecule has 0 spiro atoms. The van der Waals surface area contributed by atoms with Crippen LogP contribution in [0.1, 0.15) is 18.4 Å². The zero-order chi connectivity index (χ0) is 13.2. The lowest BCUT2D eigenvalue weighted by atomic mass is 10.1. The fraction of sp³-hybridized carbons (Fsp3) is 0.429. The molecular weight excluding hydrogens is 258 g/mol. The van der Waals surface area contributed by atoms with E-state index in [4.69, 9.17) is 16.6 Å². The average molecular weight is 276 g/mol. The maximum atomic E-state index is 5.60. The van der Waals surface area contributed by atoms with Gasteiger partial charge in [0, 0.05) is 18.4 Å². The Kier molecular flexibility index (Phi) is 3.48. The third-order valence-electron chi connectivity index (χ3n) is 3.59. The van der Waals surface area contributed by atoms with Gasteiger partial charge in [-0.1, -0.05) is 17.7 Å². The van der Waals surface area contributed by atoms with Gasteiger partial charge in [-0.3, -0.25) is 0 Å². The Morgan fingerprint density at radius 2 is 1.95 bits per heavy atom. The second-order valence-electron chi connectivity index (χ2n) is 5.15. The molecule has 2 heterocycles. The van der Waals surface area contributed by atoms with E-state index in [0.717, 1.165) is 12.2 Å². The SMILES string of the molecule is Cc1ccc(-c2nn(C[NH+]3CCCC3)c(=S)o2)cc1. The van der Waals surface area contributed by atoms with Crippen molar-refractivity contribution in [2.45, 2.75) is 26.4 Å². The lowest BCUT2D eigenvalue weighted by Crippen LogP contribution is -3.09. The number of rotatable bonds is 3. The number of nitrogens with one attached hydrogen (secondary N) is 1. The maximum absolute atomic E-state index is 5.60. The minimum Gasteiger partial charge on any atom is -0.409 e. The standard InChI is InChI=1S/C14H17N3OS/c1-11-4-6-12(7-5-11)13-15-17(14(19)18-13)10-16-8-2-3-9-16/h4-7H,2-3,8-10H2,1H3/p+1. The van der Waals surface area contributed by atoms with Crippen LogP contribution in [0.2, 0.25) is 0 Å². The van der Waals surface area contributed by atoms with Gasteiger partial charge in [-0.05, 0) is 31.3 Å². The van der Waals surface area contributed by atoms with Gasteiger partial charge in [0.05, 0.1) is 13.1 Å². The lowest BCUT2D eigenvalue weighted by Gasteiger charge is -2.10. The number of nitrogens with zero attached hydrogens (tertiary/aromatic N) is 2. The van der Waals surface area contributed by atoms with Gasteiger partial charge in [0.2, 0.25) is 5.89 Å². The summed E-state index contributed by atoms with van der Waals surface area (Å²) in [6.07, 6.45) is 2.59. The Morgan fingerprint density at radius 1 is 1.26 bits per heavy atom. The Bertz CT molecular complexity index is 608. The van der Waals surface area contributed by atoms with E-state index in [1.807, 2.05) is 16.8 Å². The Balaban J connectivity index is 1.84. The van der Waals surface area contributed by atoms with E-state index < -0.39 is 0 Å². The molecule has 5 heteroatoms. The van der Waals surface area contributed by atoms with E-state index in [2.05, 4.69) is 24.2 Å². The summed E-state index contributed by atoms with van der Waals surface area (Å²) in [5.41, 5.74) is 2.20. The molecule has 0 radical (unpaired) electrons. The van der Waals surface area contributed by atoms with Crippen molar-refractivity contribution in [2.75, 3.05) is 13.1 Å². The number of hydrogen-bond acceptors (Lipinski definition) is 3. The van der Waals surface area contributed by atoms with Crippen LogP contribution in [0.3, 0.4) is 0 Å². The largest absolute Gasteiger partial charge is 0.409 e. The summed E-state index contributed by atoms with van der Waals surface area (Å²) in [4.78, 5) is 2.00. The molecule has 0 bridgehead atoms. The first-order chi connectivity index (χ1) is 9.22. The molecule has 1 fully saturated rings. The molecule has 0 aliphatic carbocycles. The summed E-state index contributed by atoms with van der Waals surface area (Å²) in [5, 5.41) is 4.50. The van der Waals surface area contributed by atoms with Crippen molar-refractivity contribution in [2.24, 2.45) is 0 Å². The maximum Gasteiger partial charge on any atom is 0.292 e. The van der Waals surface area contributed by atoms with Gasteiger partial charge in [-0.2, -0.15) is 4.68 Å². The number of benzene rings is 1. The number of quaternary nitrogens is 1. The molecule has 19 heavy (non-hydrogen) atoms. The fourth-order valence-electron chi connectivity index (χ4n) is 2.46. The van der Waals surface area contributed by atoms with Crippen molar-refractivity contribution in [3.63, 3.8) is 0 Å². The monoisotopic (exact) mass is 276 g/mol. The molecule has 0 atom stereocenters. The van der Waals surface area contributed by atoms with E-state index in [0.29, 0.717) is 10.7 Å². The van der Waals surface area contributed by atoms with Crippen LogP contribution in [0.4, 0.5) is 0 Å². The van der Waals surface area contributed by atoms with Crippen molar-refractivity contribution in [3.8, 4) is 11.5 Å². The zero-order valence-corrected chi connectivity index (χ0v) is 11.9. The van der Waals surface area contributed by atoms with E-state index in [9.17, 15) is 0 Å². The number of likely N-dealkylation sites (tertiary alicyclic amines) is 1. The van der Waals surface area contributed by atoms with Crippen LogP contribution in [-0.4, -0.2) is 22.9 Å². The van der Waals surface area contributed by atoms with Crippen molar-refractivity contribution >= 4 is 12.2 Å². The van der Waals surface area contributed by atoms with Crippen LogP contribution in [-0.2, 0) is 6.67 Å². The summed E-state index contributed by atoms with van der Waals surface area (Å²) < 4.78 is 7.41. The third-order valence-corrected chi connectivity index (χ3v) is 3.88. The minimum atomic E-state index is 0.468. The van der Waals surface area contributed by atoms with Crippen molar-refractivity contribution in [1.29, 1.82) is 0 Å². The molecule has 1 aromatic heterocycles. The summed E-state index contributed by atoms with van der Waals surface area (Å²) in [6, 6.07) is 8.14. The quantitative estimate of drug-likeness (QED) is 0.869. The zero-order valence-electron chi connectivity index (χ0n) is 11.1. The number of hydrogen-bond donors (Lipinski definition) is 1. The predicted octanol–water partition coefficient (Wildman–Crippen LogP) is 1.82. The van der Waals surface area contributed by atoms with Crippen LogP contribution in [0, 0.1) is 11.8 Å². The Hall–Kier alpha value is -1.46. The smallest absolute Gasteiger partial charge is 0.292 e. The molecule has 1 N–H and O–H groups in total. The first kappa shape index (κ1) is 12.6. The van der Waals surface area contributed by atoms with E-state index in [1.165, 1.54) is 36.4 Å². The van der Waals surface area contributed by atoms with Crippen molar-refractivity contribution in [1.82, 2.24) is 9.78 Å². The lowest BCUT2D eigenvalue weighted by molar-refractivity contribution is -0.911. The molecule has 2 aromatic rings. The highest BCUT2D eigenvalue weighted by Gasteiger charge is 2.18. The molecule has 0 unspecified atom stereocenters. The molecule has 1 aromatic carbocycles. The Morgan fingerprint density at radius 3 is 2.63 bits per heavy atom. The molecule has 100 valence electrons. The van der Waals surface area contributed by atoms with Crippen LogP contribution in [0.15, 0.2) is 28.7 Å². The summed E-state index contributed by atoms with van der Waals surface area (Å²) in [7, 11) is 0. The van der Waals surface area contributed by atoms with E-state index in [1.54, 1.807) is 0 Å². The molecule has 1 aliphatic heterocycles. The first-order valence-electron chi connectivity index (χ1n) is 6.71. The summed E-state index contributed by atoms with van der Waals surface area (Å²) in [5.74, 6) is 0.614. The van der Waals surface area contributed by atoms with Gasteiger partial charge in [0.25, 0.3) is 4.84 Å². The highest BCUT2D eigenvalue weighted by Crippen LogP contribution is 2.17. The van der Waals surface area contributed by atoms with Crippen LogP contribution < -0.4 is 4.90 Å². The fourth-order valence-corrected chi connectivity index (χ4v) is 2.65. The molecule has 1 saturated heterocycles. The van der Waals surface area contributed by atoms with E-state index >= 15 is 0 Å². The Labute approximate surface area is 117 Å².